The van der Waals surface area contributed by atoms with Crippen LogP contribution in [-0.2, 0) is 11.3 Å². The van der Waals surface area contributed by atoms with Crippen molar-refractivity contribution in [3.8, 4) is 16.5 Å². The third-order valence-corrected chi connectivity index (χ3v) is 6.85. The zero-order valence-corrected chi connectivity index (χ0v) is 16.5. The van der Waals surface area contributed by atoms with E-state index in [4.69, 9.17) is 0 Å². The molecule has 1 N–H and O–H groups in total. The third kappa shape index (κ3) is 3.29. The number of aromatic nitrogens is 2. The first-order valence-electron chi connectivity index (χ1n) is 8.77. The minimum absolute atomic E-state index is 0.135. The maximum Gasteiger partial charge on any atom is 0.263 e. The van der Waals surface area contributed by atoms with Crippen LogP contribution < -0.4 is 10.9 Å². The van der Waals surface area contributed by atoms with Gasteiger partial charge in [0, 0.05) is 20.7 Å². The molecule has 138 valence electrons. The quantitative estimate of drug-likeness (QED) is 0.729. The molecular formula is C19H18N4O2S2. The van der Waals surface area contributed by atoms with E-state index in [0.29, 0.717) is 23.1 Å². The Labute approximate surface area is 164 Å². The normalized spacial score (nSPS) is 15.7. The van der Waals surface area contributed by atoms with Gasteiger partial charge < -0.3 is 5.32 Å². The number of hydrogen-bond donors (Lipinski definition) is 1. The number of nitrogens with one attached hydrogen (secondary N) is 1. The molecule has 1 fully saturated rings. The van der Waals surface area contributed by atoms with Crippen molar-refractivity contribution in [2.24, 2.45) is 0 Å². The van der Waals surface area contributed by atoms with Gasteiger partial charge in [-0.2, -0.15) is 5.26 Å². The van der Waals surface area contributed by atoms with Gasteiger partial charge in [0.05, 0.1) is 17.8 Å². The van der Waals surface area contributed by atoms with Crippen LogP contribution in [0.4, 0.5) is 0 Å². The second-order valence-electron chi connectivity index (χ2n) is 6.87. The number of hydrogen-bond acceptors (Lipinski definition) is 6. The van der Waals surface area contributed by atoms with Crippen molar-refractivity contribution in [3.63, 3.8) is 0 Å². The molecule has 4 rings (SSSR count). The molecule has 0 aliphatic heterocycles. The number of nitriles is 1. The summed E-state index contributed by atoms with van der Waals surface area (Å²) < 4.78 is 1.33. The molecule has 0 spiro atoms. The van der Waals surface area contributed by atoms with E-state index in [1.807, 2.05) is 24.4 Å². The molecule has 0 unspecified atom stereocenters. The second kappa shape index (κ2) is 6.91. The fourth-order valence-corrected chi connectivity index (χ4v) is 5.41. The van der Waals surface area contributed by atoms with Gasteiger partial charge in [-0.3, -0.25) is 14.2 Å². The van der Waals surface area contributed by atoms with Crippen molar-refractivity contribution >= 4 is 38.8 Å². The monoisotopic (exact) mass is 398 g/mol. The molecule has 0 saturated heterocycles. The smallest absolute Gasteiger partial charge is 0.263 e. The Morgan fingerprint density at radius 2 is 2.19 bits per heavy atom. The molecule has 3 aromatic heterocycles. The molecule has 0 bridgehead atoms. The highest BCUT2D eigenvalue weighted by Gasteiger charge is 2.35. The van der Waals surface area contributed by atoms with E-state index < -0.39 is 5.54 Å². The van der Waals surface area contributed by atoms with Crippen LogP contribution in [-0.4, -0.2) is 21.0 Å². The summed E-state index contributed by atoms with van der Waals surface area (Å²) in [5.41, 5.74) is -0.153. The first-order chi connectivity index (χ1) is 13.0. The molecule has 1 aliphatic rings. The Balaban J connectivity index is 1.65. The van der Waals surface area contributed by atoms with Gasteiger partial charge in [0.1, 0.15) is 16.9 Å². The number of fused-ring (bicyclic) bond motifs is 1. The van der Waals surface area contributed by atoms with Crippen LogP contribution in [0.2, 0.25) is 0 Å². The lowest BCUT2D eigenvalue weighted by molar-refractivity contribution is -0.123. The summed E-state index contributed by atoms with van der Waals surface area (Å²) in [6.45, 7) is 1.89. The number of carbonyl (C=O) groups excluding carboxylic acids is 1. The Bertz CT molecular complexity index is 1110. The summed E-state index contributed by atoms with van der Waals surface area (Å²) >= 11 is 3.06. The van der Waals surface area contributed by atoms with E-state index in [-0.39, 0.29) is 18.0 Å². The Morgan fingerprint density at radius 3 is 2.85 bits per heavy atom. The second-order valence-corrected chi connectivity index (χ2v) is 9.01. The summed E-state index contributed by atoms with van der Waals surface area (Å²) in [6, 6.07) is 6.26. The number of carbonyl (C=O) groups is 1. The van der Waals surface area contributed by atoms with Crippen LogP contribution in [0, 0.1) is 18.3 Å². The van der Waals surface area contributed by atoms with Gasteiger partial charge >= 0.3 is 0 Å². The minimum atomic E-state index is -0.791. The first-order valence-corrected chi connectivity index (χ1v) is 10.5. The van der Waals surface area contributed by atoms with Gasteiger partial charge in [-0.15, -0.1) is 22.7 Å². The zero-order chi connectivity index (χ0) is 19.0. The summed E-state index contributed by atoms with van der Waals surface area (Å²) in [5, 5.41) is 14.7. The first kappa shape index (κ1) is 17.9. The zero-order valence-electron chi connectivity index (χ0n) is 14.8. The van der Waals surface area contributed by atoms with E-state index in [0.717, 1.165) is 23.3 Å². The highest BCUT2D eigenvalue weighted by molar-refractivity contribution is 7.19. The summed E-state index contributed by atoms with van der Waals surface area (Å²) in [4.78, 5) is 32.7. The molecule has 3 heterocycles. The van der Waals surface area contributed by atoms with E-state index in [1.54, 1.807) is 11.3 Å². The summed E-state index contributed by atoms with van der Waals surface area (Å²) in [6.07, 6.45) is 4.60. The predicted octanol–water partition coefficient (Wildman–Crippen LogP) is 3.45. The molecule has 8 heteroatoms. The predicted molar refractivity (Wildman–Crippen MR) is 107 cm³/mol. The number of nitrogens with zero attached hydrogens (tertiary/aromatic N) is 3. The number of rotatable bonds is 4. The molecule has 6 nitrogen and oxygen atoms in total. The summed E-state index contributed by atoms with van der Waals surface area (Å²) in [5.74, 6) is -0.328. The third-order valence-electron chi connectivity index (χ3n) is 4.93. The molecule has 1 amide bonds. The van der Waals surface area contributed by atoms with Crippen LogP contribution in [0.15, 0.2) is 28.6 Å². The molecule has 0 atom stereocenters. The van der Waals surface area contributed by atoms with E-state index in [9.17, 15) is 14.9 Å². The molecule has 27 heavy (non-hydrogen) atoms. The number of amides is 1. The van der Waals surface area contributed by atoms with Crippen LogP contribution in [0.5, 0.6) is 0 Å². The van der Waals surface area contributed by atoms with Crippen molar-refractivity contribution < 1.29 is 4.79 Å². The lowest BCUT2D eigenvalue weighted by Gasteiger charge is -2.22. The van der Waals surface area contributed by atoms with Gasteiger partial charge in [0.25, 0.3) is 5.56 Å². The molecule has 0 radical (unpaired) electrons. The largest absolute Gasteiger partial charge is 0.336 e. The highest BCUT2D eigenvalue weighted by Crippen LogP contribution is 2.35. The van der Waals surface area contributed by atoms with Crippen molar-refractivity contribution in [1.82, 2.24) is 14.9 Å². The molecule has 3 aromatic rings. The Morgan fingerprint density at radius 1 is 1.41 bits per heavy atom. The van der Waals surface area contributed by atoms with Crippen molar-refractivity contribution in [2.75, 3.05) is 0 Å². The van der Waals surface area contributed by atoms with Gasteiger partial charge in [0.15, 0.2) is 0 Å². The molecule has 1 saturated carbocycles. The van der Waals surface area contributed by atoms with Crippen LogP contribution in [0.3, 0.4) is 0 Å². The van der Waals surface area contributed by atoms with Gasteiger partial charge in [-0.25, -0.2) is 4.98 Å². The number of thiophene rings is 2. The van der Waals surface area contributed by atoms with E-state index >= 15 is 0 Å². The van der Waals surface area contributed by atoms with Crippen molar-refractivity contribution in [2.45, 2.75) is 44.7 Å². The molecule has 1 aliphatic carbocycles. The maximum atomic E-state index is 13.0. The van der Waals surface area contributed by atoms with Gasteiger partial charge in [0.2, 0.25) is 5.91 Å². The standard InChI is InChI=1S/C19H18N4O2S2/c1-12-4-5-14(27-12)13-9-26-17-16(13)18(25)23(11-21-17)8-15(24)22-19(10-20)6-2-3-7-19/h4-5,9,11H,2-3,6-8H2,1H3,(H,22,24). The topological polar surface area (TPSA) is 87.8 Å². The number of aryl methyl sites for hydroxylation is 1. The molecule has 0 aromatic carbocycles. The van der Waals surface area contributed by atoms with Crippen molar-refractivity contribution in [1.29, 1.82) is 5.26 Å². The SMILES string of the molecule is Cc1ccc(-c2csc3ncn(CC(=O)NC4(C#N)CCCC4)c(=O)c23)s1. The highest BCUT2D eigenvalue weighted by atomic mass is 32.1. The fraction of sp³-hybridized carbons (Fsp3) is 0.368. The van der Waals surface area contributed by atoms with Crippen LogP contribution >= 0.6 is 22.7 Å². The fourth-order valence-electron chi connectivity index (χ4n) is 3.55. The average molecular weight is 399 g/mol. The maximum absolute atomic E-state index is 13.0. The Kier molecular flexibility index (Phi) is 4.58. The van der Waals surface area contributed by atoms with Gasteiger partial charge in [-0.05, 0) is 44.7 Å². The Hall–Kier alpha value is -2.50. The van der Waals surface area contributed by atoms with Gasteiger partial charge in [-0.1, -0.05) is 0 Å². The van der Waals surface area contributed by atoms with E-state index in [1.165, 1.54) is 27.1 Å². The lowest BCUT2D eigenvalue weighted by atomic mass is 10.00. The summed E-state index contributed by atoms with van der Waals surface area (Å²) in [7, 11) is 0. The van der Waals surface area contributed by atoms with Crippen LogP contribution in [0.25, 0.3) is 20.7 Å². The van der Waals surface area contributed by atoms with Crippen molar-refractivity contribution in [3.05, 3.63) is 39.1 Å². The molecular weight excluding hydrogens is 380 g/mol. The average Bonchev–Trinajstić information content (AvgIpc) is 3.37. The lowest BCUT2D eigenvalue weighted by Crippen LogP contribution is -2.47. The van der Waals surface area contributed by atoms with E-state index in [2.05, 4.69) is 16.4 Å². The minimum Gasteiger partial charge on any atom is -0.336 e. The van der Waals surface area contributed by atoms with Crippen LogP contribution in [0.1, 0.15) is 30.6 Å².